The summed E-state index contributed by atoms with van der Waals surface area (Å²) in [6, 6.07) is 13.5. The summed E-state index contributed by atoms with van der Waals surface area (Å²) in [7, 11) is -1.24. The van der Waals surface area contributed by atoms with Gasteiger partial charge in [0.15, 0.2) is 9.54 Å². The van der Waals surface area contributed by atoms with Crippen molar-refractivity contribution in [3.63, 3.8) is 0 Å². The number of ether oxygens (including phenoxy) is 1. The van der Waals surface area contributed by atoms with Crippen LogP contribution < -0.4 is 19.7 Å². The summed E-state index contributed by atoms with van der Waals surface area (Å²) in [4.78, 5) is 2.97. The maximum Gasteiger partial charge on any atom is 0.229 e. The van der Waals surface area contributed by atoms with Crippen LogP contribution in [0, 0.1) is 9.54 Å². The maximum atomic E-state index is 11.2. The third-order valence-electron chi connectivity index (χ3n) is 4.96. The van der Waals surface area contributed by atoms with Crippen LogP contribution in [-0.2, 0) is 16.4 Å². The summed E-state index contributed by atoms with van der Waals surface area (Å²) in [5.41, 5.74) is 2.86. The van der Waals surface area contributed by atoms with Crippen molar-refractivity contribution in [1.29, 1.82) is 0 Å². The quantitative estimate of drug-likeness (QED) is 0.101. The molecule has 1 heterocycles. The number of hydrogen-bond acceptors (Lipinski definition) is 8. The average Bonchev–Trinajstić information content (AvgIpc) is 3.14. The highest BCUT2D eigenvalue weighted by Gasteiger charge is 2.06. The van der Waals surface area contributed by atoms with Gasteiger partial charge in [-0.15, -0.1) is 12.6 Å². The van der Waals surface area contributed by atoms with Gasteiger partial charge in [0.2, 0.25) is 10.0 Å². The van der Waals surface area contributed by atoms with Crippen LogP contribution in [0.2, 0.25) is 0 Å². The van der Waals surface area contributed by atoms with E-state index in [4.69, 9.17) is 29.2 Å². The lowest BCUT2D eigenvalue weighted by molar-refractivity contribution is 0.285. The minimum atomic E-state index is -3.25. The van der Waals surface area contributed by atoms with E-state index in [1.54, 1.807) is 10.6 Å². The van der Waals surface area contributed by atoms with Crippen LogP contribution in [0.5, 0.6) is 5.75 Å². The number of aromatic amines is 2. The Morgan fingerprint density at radius 1 is 1.17 bits per heavy atom. The molecule has 188 valence electrons. The third kappa shape index (κ3) is 8.25. The summed E-state index contributed by atoms with van der Waals surface area (Å²) in [6.45, 7) is 1.82. The molecule has 0 fully saturated rings. The Kier molecular flexibility index (Phi) is 9.57. The van der Waals surface area contributed by atoms with Crippen molar-refractivity contribution in [1.82, 2.24) is 24.8 Å². The second kappa shape index (κ2) is 12.4. The first kappa shape index (κ1) is 27.0. The first-order valence-corrected chi connectivity index (χ1v) is 13.8. The molecule has 35 heavy (non-hydrogen) atoms. The molecule has 2 aromatic carbocycles. The first-order valence-electron chi connectivity index (χ1n) is 10.6. The molecule has 9 nitrogen and oxygen atoms in total. The van der Waals surface area contributed by atoms with E-state index in [0.29, 0.717) is 35.0 Å². The monoisotopic (exact) mass is 552 g/mol. The van der Waals surface area contributed by atoms with Crippen LogP contribution in [0.1, 0.15) is 5.56 Å². The molecular weight excluding hydrogens is 525 g/mol. The number of hydrogen-bond donors (Lipinski definition) is 5. The largest absolute Gasteiger partial charge is 0.478 e. The number of nitrogens with one attached hydrogen (secondary N) is 4. The van der Waals surface area contributed by atoms with E-state index in [1.807, 2.05) is 49.5 Å². The van der Waals surface area contributed by atoms with Gasteiger partial charge in [0, 0.05) is 43.0 Å². The molecule has 0 atom stereocenters. The molecule has 0 aliphatic rings. The normalized spacial score (nSPS) is 11.6. The molecule has 0 spiro atoms. The Labute approximate surface area is 220 Å². The predicted molar refractivity (Wildman–Crippen MR) is 147 cm³/mol. The maximum absolute atomic E-state index is 11.2. The molecule has 0 aliphatic heterocycles. The van der Waals surface area contributed by atoms with Gasteiger partial charge in [-0.3, -0.25) is 24.8 Å². The number of aromatic nitrogens is 3. The molecule has 4 N–H and O–H groups in total. The van der Waals surface area contributed by atoms with Crippen LogP contribution in [0.25, 0.3) is 5.69 Å². The fourth-order valence-corrected chi connectivity index (χ4v) is 4.30. The van der Waals surface area contributed by atoms with Crippen molar-refractivity contribution in [2.75, 3.05) is 38.0 Å². The van der Waals surface area contributed by atoms with Crippen molar-refractivity contribution >= 4 is 52.8 Å². The molecule has 0 unspecified atom stereocenters. The molecule has 3 rings (SSSR count). The minimum Gasteiger partial charge on any atom is -0.478 e. The van der Waals surface area contributed by atoms with E-state index < -0.39 is 10.0 Å². The van der Waals surface area contributed by atoms with Gasteiger partial charge in [-0.1, -0.05) is 12.1 Å². The standard InChI is InChI=1S/C22H28N6O3S4/c1-27(17-8-9-20(32)16(13-17)5-4-10-24-35(2,29)30)12-11-23-15-31-19-7-3-6-18(14-19)28-21(33)25-26-22(28)34/h3-4,6-10,13-14,23-24,32H,5,11-12,15H2,1-2H3,(H,25,33)(H,26,34). The van der Waals surface area contributed by atoms with Crippen LogP contribution in [0.3, 0.4) is 0 Å². The number of rotatable bonds is 12. The van der Waals surface area contributed by atoms with Crippen LogP contribution in [-0.4, -0.2) is 56.3 Å². The predicted octanol–water partition coefficient (Wildman–Crippen LogP) is 3.55. The van der Waals surface area contributed by atoms with Gasteiger partial charge >= 0.3 is 0 Å². The average molecular weight is 553 g/mol. The minimum absolute atomic E-state index is 0.349. The van der Waals surface area contributed by atoms with E-state index in [2.05, 4.69) is 37.8 Å². The van der Waals surface area contributed by atoms with Crippen molar-refractivity contribution in [3.8, 4) is 11.4 Å². The molecule has 13 heteroatoms. The number of benzene rings is 2. The topological polar surface area (TPSA) is 107 Å². The summed E-state index contributed by atoms with van der Waals surface area (Å²) in [5, 5.41) is 8.92. The smallest absolute Gasteiger partial charge is 0.229 e. The Balaban J connectivity index is 1.48. The number of H-pyrrole nitrogens is 2. The van der Waals surface area contributed by atoms with Crippen molar-refractivity contribution in [3.05, 3.63) is 69.8 Å². The molecule has 3 aromatic rings. The molecule has 0 aliphatic carbocycles. The molecule has 0 bridgehead atoms. The fourth-order valence-electron chi connectivity index (χ4n) is 3.17. The zero-order chi connectivity index (χ0) is 25.4. The highest BCUT2D eigenvalue weighted by molar-refractivity contribution is 7.88. The molecule has 0 saturated carbocycles. The number of anilines is 1. The Hall–Kier alpha value is -2.58. The second-order valence-corrected chi connectivity index (χ2v) is 10.7. The van der Waals surface area contributed by atoms with Gasteiger partial charge < -0.3 is 9.64 Å². The third-order valence-corrected chi connectivity index (χ3v) is 6.53. The SMILES string of the molecule is CN(CCNCOc1cccc(-n2c(=S)[nH][nH]c2=S)c1)c1ccc(S)c(CC=CNS(C)(=O)=O)c1. The molecule has 0 saturated heterocycles. The number of nitrogens with zero attached hydrogens (tertiary/aromatic N) is 2. The van der Waals surface area contributed by atoms with Gasteiger partial charge in [0.05, 0.1) is 11.9 Å². The highest BCUT2D eigenvalue weighted by Crippen LogP contribution is 2.22. The Bertz CT molecular complexity index is 1370. The molecule has 0 amide bonds. The van der Waals surface area contributed by atoms with E-state index in [-0.39, 0.29) is 0 Å². The Morgan fingerprint density at radius 3 is 2.63 bits per heavy atom. The number of allylic oxidation sites excluding steroid dienone is 1. The summed E-state index contributed by atoms with van der Waals surface area (Å²) in [5.74, 6) is 0.702. The number of likely N-dealkylation sites (N-methyl/N-ethyl adjacent to an activating group) is 1. The van der Waals surface area contributed by atoms with E-state index in [1.165, 1.54) is 6.20 Å². The van der Waals surface area contributed by atoms with Crippen molar-refractivity contribution < 1.29 is 13.2 Å². The van der Waals surface area contributed by atoms with Crippen molar-refractivity contribution in [2.24, 2.45) is 0 Å². The number of thiol groups is 1. The van der Waals surface area contributed by atoms with E-state index >= 15 is 0 Å². The van der Waals surface area contributed by atoms with Gasteiger partial charge in [0.25, 0.3) is 0 Å². The van der Waals surface area contributed by atoms with Crippen LogP contribution in [0.4, 0.5) is 5.69 Å². The lowest BCUT2D eigenvalue weighted by Gasteiger charge is -2.21. The summed E-state index contributed by atoms with van der Waals surface area (Å²) in [6.07, 6.45) is 4.86. The van der Waals surface area contributed by atoms with Gasteiger partial charge in [-0.25, -0.2) is 8.42 Å². The first-order chi connectivity index (χ1) is 16.6. The van der Waals surface area contributed by atoms with Gasteiger partial charge in [-0.2, -0.15) is 0 Å². The van der Waals surface area contributed by atoms with E-state index in [0.717, 1.165) is 34.6 Å². The molecular formula is C22H28N6O3S4. The van der Waals surface area contributed by atoms with E-state index in [9.17, 15) is 8.42 Å². The highest BCUT2D eigenvalue weighted by atomic mass is 32.2. The van der Waals surface area contributed by atoms with Gasteiger partial charge in [0.1, 0.15) is 12.5 Å². The van der Waals surface area contributed by atoms with Crippen LogP contribution >= 0.6 is 37.1 Å². The molecule has 1 aromatic heterocycles. The van der Waals surface area contributed by atoms with Gasteiger partial charge in [-0.05, 0) is 66.8 Å². The second-order valence-electron chi connectivity index (χ2n) is 7.71. The summed E-state index contributed by atoms with van der Waals surface area (Å²) < 4.78 is 33.2. The lowest BCUT2D eigenvalue weighted by Crippen LogP contribution is -2.31. The lowest BCUT2D eigenvalue weighted by atomic mass is 10.1. The van der Waals surface area contributed by atoms with Crippen molar-refractivity contribution in [2.45, 2.75) is 11.3 Å². The Morgan fingerprint density at radius 2 is 1.91 bits per heavy atom. The molecule has 0 radical (unpaired) electrons. The number of sulfonamides is 1. The zero-order valence-corrected chi connectivity index (χ0v) is 22.7. The summed E-state index contributed by atoms with van der Waals surface area (Å²) >= 11 is 15.0. The zero-order valence-electron chi connectivity index (χ0n) is 19.3. The van der Waals surface area contributed by atoms with Crippen LogP contribution in [0.15, 0.2) is 59.6 Å². The fraction of sp³-hybridized carbons (Fsp3) is 0.273.